The number of rotatable bonds is 4. The number of anilines is 1. The number of nitrogens with zero attached hydrogens (tertiary/aromatic N) is 3. The molecule has 2 aromatic rings. The van der Waals surface area contributed by atoms with Gasteiger partial charge < -0.3 is 4.90 Å². The number of likely N-dealkylation sites (N-methyl/N-ethyl adjacent to an activating group) is 1. The van der Waals surface area contributed by atoms with E-state index in [1.165, 1.54) is 7.05 Å². The molecule has 0 aliphatic heterocycles. The SMILES string of the molecule is CN(CCc1ccccn1)c1c(F)c(F)nc(F)c1F. The maximum atomic E-state index is 13.5. The molecule has 20 heavy (non-hydrogen) atoms. The molecule has 0 aliphatic carbocycles. The lowest BCUT2D eigenvalue weighted by Gasteiger charge is -2.20. The molecule has 0 aliphatic rings. The van der Waals surface area contributed by atoms with Crippen molar-refractivity contribution in [3.8, 4) is 0 Å². The minimum atomic E-state index is -1.66. The molecule has 0 radical (unpaired) electrons. The summed E-state index contributed by atoms with van der Waals surface area (Å²) in [4.78, 5) is 7.65. The zero-order valence-electron chi connectivity index (χ0n) is 10.6. The zero-order valence-corrected chi connectivity index (χ0v) is 10.6. The molecule has 0 unspecified atom stereocenters. The highest BCUT2D eigenvalue weighted by Crippen LogP contribution is 2.25. The molecule has 0 fully saturated rings. The number of aromatic nitrogens is 2. The van der Waals surface area contributed by atoms with Crippen LogP contribution in [0.15, 0.2) is 24.4 Å². The molecule has 3 nitrogen and oxygen atoms in total. The van der Waals surface area contributed by atoms with E-state index in [2.05, 4.69) is 9.97 Å². The molecular formula is C13H11F4N3. The molecule has 0 bridgehead atoms. The van der Waals surface area contributed by atoms with Crippen molar-refractivity contribution in [3.63, 3.8) is 0 Å². The average Bonchev–Trinajstić information content (AvgIpc) is 2.44. The Morgan fingerprint density at radius 3 is 2.25 bits per heavy atom. The zero-order chi connectivity index (χ0) is 14.7. The molecule has 0 saturated carbocycles. The van der Waals surface area contributed by atoms with Crippen molar-refractivity contribution >= 4 is 5.69 Å². The molecule has 0 atom stereocenters. The van der Waals surface area contributed by atoms with E-state index in [0.29, 0.717) is 12.1 Å². The van der Waals surface area contributed by atoms with E-state index in [4.69, 9.17) is 0 Å². The number of halogens is 4. The van der Waals surface area contributed by atoms with Gasteiger partial charge in [0.2, 0.25) is 11.6 Å². The maximum Gasteiger partial charge on any atom is 0.253 e. The van der Waals surface area contributed by atoms with E-state index in [1.54, 1.807) is 24.4 Å². The van der Waals surface area contributed by atoms with Crippen LogP contribution >= 0.6 is 0 Å². The van der Waals surface area contributed by atoms with Gasteiger partial charge in [0.15, 0.2) is 0 Å². The van der Waals surface area contributed by atoms with Crippen molar-refractivity contribution in [3.05, 3.63) is 53.6 Å². The number of hydrogen-bond donors (Lipinski definition) is 0. The van der Waals surface area contributed by atoms with Gasteiger partial charge in [-0.25, -0.2) is 0 Å². The van der Waals surface area contributed by atoms with Gasteiger partial charge in [-0.3, -0.25) is 4.98 Å². The van der Waals surface area contributed by atoms with Crippen LogP contribution in [-0.4, -0.2) is 23.6 Å². The highest BCUT2D eigenvalue weighted by atomic mass is 19.2. The molecule has 2 heterocycles. The first-order chi connectivity index (χ1) is 9.50. The highest BCUT2D eigenvalue weighted by molar-refractivity contribution is 5.47. The molecule has 0 N–H and O–H groups in total. The Balaban J connectivity index is 2.19. The first-order valence-corrected chi connectivity index (χ1v) is 5.81. The van der Waals surface area contributed by atoms with Crippen molar-refractivity contribution in [2.45, 2.75) is 6.42 Å². The molecule has 2 rings (SSSR count). The second kappa shape index (κ2) is 5.85. The van der Waals surface area contributed by atoms with E-state index < -0.39 is 29.2 Å². The lowest BCUT2D eigenvalue weighted by atomic mass is 10.2. The van der Waals surface area contributed by atoms with Crippen molar-refractivity contribution in [2.24, 2.45) is 0 Å². The Labute approximate surface area is 112 Å². The predicted octanol–water partition coefficient (Wildman–Crippen LogP) is 2.71. The summed E-state index contributed by atoms with van der Waals surface area (Å²) in [5.41, 5.74) is -0.0684. The van der Waals surface area contributed by atoms with Gasteiger partial charge in [0, 0.05) is 31.9 Å². The van der Waals surface area contributed by atoms with Crippen LogP contribution in [0.4, 0.5) is 23.2 Å². The normalized spacial score (nSPS) is 10.7. The van der Waals surface area contributed by atoms with Crippen LogP contribution in [0.5, 0.6) is 0 Å². The summed E-state index contributed by atoms with van der Waals surface area (Å²) in [5.74, 6) is -6.34. The molecule has 0 saturated heterocycles. The Hall–Kier alpha value is -2.18. The summed E-state index contributed by atoms with van der Waals surface area (Å²) in [5, 5.41) is 0. The van der Waals surface area contributed by atoms with Crippen molar-refractivity contribution in [1.82, 2.24) is 9.97 Å². The van der Waals surface area contributed by atoms with Gasteiger partial charge in [-0.15, -0.1) is 0 Å². The van der Waals surface area contributed by atoms with Gasteiger partial charge in [0.05, 0.1) is 0 Å². The Kier molecular flexibility index (Phi) is 4.16. The fourth-order valence-corrected chi connectivity index (χ4v) is 1.75. The van der Waals surface area contributed by atoms with E-state index in [0.717, 1.165) is 4.90 Å². The van der Waals surface area contributed by atoms with Crippen LogP contribution in [0, 0.1) is 23.5 Å². The summed E-state index contributed by atoms with van der Waals surface area (Å²) in [6, 6.07) is 5.25. The van der Waals surface area contributed by atoms with Crippen molar-refractivity contribution in [2.75, 3.05) is 18.5 Å². The van der Waals surface area contributed by atoms with Crippen LogP contribution in [0.3, 0.4) is 0 Å². The van der Waals surface area contributed by atoms with Gasteiger partial charge in [0.1, 0.15) is 5.69 Å². The maximum absolute atomic E-state index is 13.5. The predicted molar refractivity (Wildman–Crippen MR) is 65.3 cm³/mol. The van der Waals surface area contributed by atoms with Crippen molar-refractivity contribution < 1.29 is 17.6 Å². The number of pyridine rings is 2. The van der Waals surface area contributed by atoms with E-state index in [9.17, 15) is 17.6 Å². The van der Waals surface area contributed by atoms with Crippen molar-refractivity contribution in [1.29, 1.82) is 0 Å². The van der Waals surface area contributed by atoms with Gasteiger partial charge in [0.25, 0.3) is 11.9 Å². The Bertz CT molecular complexity index is 578. The van der Waals surface area contributed by atoms with Crippen LogP contribution in [0.2, 0.25) is 0 Å². The van der Waals surface area contributed by atoms with E-state index in [-0.39, 0.29) is 6.54 Å². The second-order valence-corrected chi connectivity index (χ2v) is 4.16. The smallest absolute Gasteiger partial charge is 0.253 e. The fourth-order valence-electron chi connectivity index (χ4n) is 1.75. The van der Waals surface area contributed by atoms with Crippen LogP contribution in [0.25, 0.3) is 0 Å². The van der Waals surface area contributed by atoms with Gasteiger partial charge in [-0.1, -0.05) is 6.07 Å². The summed E-state index contributed by atoms with van der Waals surface area (Å²) in [6.45, 7) is 0.147. The molecule has 7 heteroatoms. The summed E-state index contributed by atoms with van der Waals surface area (Å²) in [7, 11) is 1.34. The van der Waals surface area contributed by atoms with E-state index >= 15 is 0 Å². The van der Waals surface area contributed by atoms with Gasteiger partial charge in [-0.2, -0.15) is 22.5 Å². The monoisotopic (exact) mass is 285 g/mol. The van der Waals surface area contributed by atoms with E-state index in [1.807, 2.05) is 0 Å². The lowest BCUT2D eigenvalue weighted by Crippen LogP contribution is -2.24. The largest absolute Gasteiger partial charge is 0.369 e. The third kappa shape index (κ3) is 2.87. The molecule has 0 amide bonds. The lowest BCUT2D eigenvalue weighted by molar-refractivity contribution is 0.407. The molecule has 0 spiro atoms. The molecular weight excluding hydrogens is 274 g/mol. The average molecular weight is 285 g/mol. The third-order valence-corrected chi connectivity index (χ3v) is 2.79. The Morgan fingerprint density at radius 2 is 1.70 bits per heavy atom. The first kappa shape index (κ1) is 14.2. The number of hydrogen-bond acceptors (Lipinski definition) is 3. The van der Waals surface area contributed by atoms with Gasteiger partial charge >= 0.3 is 0 Å². The quantitative estimate of drug-likeness (QED) is 0.639. The van der Waals surface area contributed by atoms with Gasteiger partial charge in [-0.05, 0) is 12.1 Å². The fraction of sp³-hybridized carbons (Fsp3) is 0.231. The van der Waals surface area contributed by atoms with Crippen LogP contribution < -0.4 is 4.90 Å². The summed E-state index contributed by atoms with van der Waals surface area (Å²) in [6.07, 6.45) is 1.96. The summed E-state index contributed by atoms with van der Waals surface area (Å²) >= 11 is 0. The first-order valence-electron chi connectivity index (χ1n) is 5.81. The highest BCUT2D eigenvalue weighted by Gasteiger charge is 2.23. The minimum Gasteiger partial charge on any atom is -0.369 e. The molecule has 0 aromatic carbocycles. The molecule has 106 valence electrons. The van der Waals surface area contributed by atoms with Crippen LogP contribution in [-0.2, 0) is 6.42 Å². The summed E-state index contributed by atoms with van der Waals surface area (Å²) < 4.78 is 53.1. The minimum absolute atomic E-state index is 0.147. The standard InChI is InChI=1S/C13H11F4N3/c1-20(7-5-8-4-2-3-6-18-8)11-9(14)12(16)19-13(17)10(11)15/h2-4,6H,5,7H2,1H3. The second-order valence-electron chi connectivity index (χ2n) is 4.16. The molecule has 2 aromatic heterocycles. The Morgan fingerprint density at radius 1 is 1.05 bits per heavy atom. The third-order valence-electron chi connectivity index (χ3n) is 2.79. The van der Waals surface area contributed by atoms with Crippen LogP contribution in [0.1, 0.15) is 5.69 Å². The topological polar surface area (TPSA) is 29.0 Å².